The van der Waals surface area contributed by atoms with Crippen LogP contribution in [0.1, 0.15) is 35.7 Å². The van der Waals surface area contributed by atoms with Gasteiger partial charge in [0.15, 0.2) is 0 Å². The predicted octanol–water partition coefficient (Wildman–Crippen LogP) is 6.05. The Labute approximate surface area is 189 Å². The van der Waals surface area contributed by atoms with Gasteiger partial charge in [0, 0.05) is 17.5 Å². The van der Waals surface area contributed by atoms with Gasteiger partial charge in [-0.15, -0.1) is 0 Å². The molecule has 4 aromatic rings. The van der Waals surface area contributed by atoms with Crippen LogP contribution < -0.4 is 10.1 Å². The fourth-order valence-electron chi connectivity index (χ4n) is 3.80. The Morgan fingerprint density at radius 3 is 2.44 bits per heavy atom. The van der Waals surface area contributed by atoms with Crippen molar-refractivity contribution < 1.29 is 9.53 Å². The van der Waals surface area contributed by atoms with Crippen molar-refractivity contribution in [1.82, 2.24) is 10.3 Å². The first kappa shape index (κ1) is 21.6. The highest BCUT2D eigenvalue weighted by molar-refractivity contribution is 6.07. The molecule has 0 saturated heterocycles. The maximum atomic E-state index is 13.1. The highest BCUT2D eigenvalue weighted by Gasteiger charge is 2.13. The van der Waals surface area contributed by atoms with E-state index in [-0.39, 0.29) is 5.91 Å². The van der Waals surface area contributed by atoms with E-state index in [1.807, 2.05) is 67.6 Å². The fourth-order valence-corrected chi connectivity index (χ4v) is 3.80. The minimum atomic E-state index is -0.0597. The summed E-state index contributed by atoms with van der Waals surface area (Å²) in [4.78, 5) is 17.8. The average Bonchev–Trinajstić information content (AvgIpc) is 2.84. The number of aryl methyl sites for hydroxylation is 1. The molecule has 32 heavy (non-hydrogen) atoms. The number of hydrogen-bond donors (Lipinski definition) is 1. The van der Waals surface area contributed by atoms with Crippen LogP contribution in [0.2, 0.25) is 0 Å². The van der Waals surface area contributed by atoms with E-state index >= 15 is 0 Å². The van der Waals surface area contributed by atoms with E-state index in [0.717, 1.165) is 47.2 Å². The van der Waals surface area contributed by atoms with Gasteiger partial charge in [0.05, 0.1) is 23.4 Å². The molecule has 162 valence electrons. The maximum absolute atomic E-state index is 13.1. The van der Waals surface area contributed by atoms with Crippen LogP contribution in [0.15, 0.2) is 84.9 Å². The number of nitrogens with zero attached hydrogens (tertiary/aromatic N) is 1. The smallest absolute Gasteiger partial charge is 0.252 e. The largest absolute Gasteiger partial charge is 0.494 e. The first-order valence-corrected chi connectivity index (χ1v) is 11.2. The summed E-state index contributed by atoms with van der Waals surface area (Å²) in [6.45, 7) is 3.25. The van der Waals surface area contributed by atoms with Gasteiger partial charge in [0.2, 0.25) is 0 Å². The lowest BCUT2D eigenvalue weighted by atomic mass is 10.0. The number of ether oxygens (including phenoxy) is 1. The molecule has 0 unspecified atom stereocenters. The van der Waals surface area contributed by atoms with Gasteiger partial charge in [-0.1, -0.05) is 48.5 Å². The van der Waals surface area contributed by atoms with Crippen LogP contribution in [0.4, 0.5) is 0 Å². The number of fused-ring (bicyclic) bond motifs is 1. The van der Waals surface area contributed by atoms with Crippen LogP contribution in [0.25, 0.3) is 22.2 Å². The Morgan fingerprint density at radius 2 is 1.66 bits per heavy atom. The highest BCUT2D eigenvalue weighted by atomic mass is 16.5. The second kappa shape index (κ2) is 10.6. The topological polar surface area (TPSA) is 51.2 Å². The molecule has 4 nitrogen and oxygen atoms in total. The summed E-state index contributed by atoms with van der Waals surface area (Å²) in [6, 6.07) is 27.9. The normalized spacial score (nSPS) is 10.8. The van der Waals surface area contributed by atoms with Crippen molar-refractivity contribution in [3.05, 3.63) is 96.1 Å². The Balaban J connectivity index is 1.47. The molecule has 4 rings (SSSR count). The molecule has 0 aliphatic rings. The lowest BCUT2D eigenvalue weighted by Gasteiger charge is -2.11. The number of benzene rings is 3. The zero-order chi connectivity index (χ0) is 22.2. The SMILES string of the molecule is CCOc1ccc(-c2cc(C(=O)NCCCCc3ccccc3)c3ccccc3n2)cc1. The highest BCUT2D eigenvalue weighted by Crippen LogP contribution is 2.26. The number of nitrogens with one attached hydrogen (secondary N) is 1. The molecule has 4 heteroatoms. The summed E-state index contributed by atoms with van der Waals surface area (Å²) < 4.78 is 5.54. The molecule has 1 amide bonds. The van der Waals surface area contributed by atoms with Crippen LogP contribution in [-0.4, -0.2) is 24.0 Å². The Morgan fingerprint density at radius 1 is 0.906 bits per heavy atom. The number of unbranched alkanes of at least 4 members (excludes halogenated alkanes) is 1. The summed E-state index contributed by atoms with van der Waals surface area (Å²) >= 11 is 0. The first-order valence-electron chi connectivity index (χ1n) is 11.2. The molecular formula is C28H28N2O2. The van der Waals surface area contributed by atoms with Crippen LogP contribution in [-0.2, 0) is 6.42 Å². The van der Waals surface area contributed by atoms with Crippen LogP contribution >= 0.6 is 0 Å². The summed E-state index contributed by atoms with van der Waals surface area (Å²) in [5, 5.41) is 3.96. The maximum Gasteiger partial charge on any atom is 0.252 e. The van der Waals surface area contributed by atoms with Crippen LogP contribution in [0, 0.1) is 0 Å². The van der Waals surface area contributed by atoms with E-state index < -0.39 is 0 Å². The molecule has 0 spiro atoms. The zero-order valence-electron chi connectivity index (χ0n) is 18.4. The fraction of sp³-hybridized carbons (Fsp3) is 0.214. The van der Waals surface area contributed by atoms with Crippen molar-refractivity contribution >= 4 is 16.8 Å². The Bertz CT molecular complexity index is 1170. The number of aromatic nitrogens is 1. The van der Waals surface area contributed by atoms with Crippen molar-refractivity contribution in [3.8, 4) is 17.0 Å². The van der Waals surface area contributed by atoms with Crippen molar-refractivity contribution in [2.24, 2.45) is 0 Å². The summed E-state index contributed by atoms with van der Waals surface area (Å²) in [5.74, 6) is 0.765. The number of hydrogen-bond acceptors (Lipinski definition) is 3. The number of para-hydroxylation sites is 1. The minimum absolute atomic E-state index is 0.0597. The van der Waals surface area contributed by atoms with Gasteiger partial charge in [-0.25, -0.2) is 4.98 Å². The second-order valence-electron chi connectivity index (χ2n) is 7.73. The Kier molecular flexibility index (Phi) is 7.13. The van der Waals surface area contributed by atoms with Crippen LogP contribution in [0.5, 0.6) is 5.75 Å². The quantitative estimate of drug-likeness (QED) is 0.333. The van der Waals surface area contributed by atoms with E-state index in [1.165, 1.54) is 5.56 Å². The molecule has 1 aromatic heterocycles. The third-order valence-electron chi connectivity index (χ3n) is 5.44. The summed E-state index contributed by atoms with van der Waals surface area (Å²) in [7, 11) is 0. The molecule has 0 aliphatic heterocycles. The lowest BCUT2D eigenvalue weighted by molar-refractivity contribution is 0.0954. The minimum Gasteiger partial charge on any atom is -0.494 e. The molecule has 0 saturated carbocycles. The monoisotopic (exact) mass is 424 g/mol. The van der Waals surface area contributed by atoms with Crippen molar-refractivity contribution in [2.75, 3.05) is 13.2 Å². The number of pyridine rings is 1. The zero-order valence-corrected chi connectivity index (χ0v) is 18.4. The van der Waals surface area contributed by atoms with Gasteiger partial charge in [0.25, 0.3) is 5.91 Å². The second-order valence-corrected chi connectivity index (χ2v) is 7.73. The molecular weight excluding hydrogens is 396 g/mol. The van der Waals surface area contributed by atoms with E-state index in [0.29, 0.717) is 18.7 Å². The third-order valence-corrected chi connectivity index (χ3v) is 5.44. The standard InChI is InChI=1S/C28H28N2O2/c1-2-32-23-17-15-22(16-18-23)27-20-25(24-13-6-7-14-26(24)30-27)28(31)29-19-9-8-12-21-10-4-3-5-11-21/h3-7,10-11,13-18,20H,2,8-9,12,19H2,1H3,(H,29,31). The predicted molar refractivity (Wildman–Crippen MR) is 130 cm³/mol. The van der Waals surface area contributed by atoms with Crippen molar-refractivity contribution in [1.29, 1.82) is 0 Å². The summed E-state index contributed by atoms with van der Waals surface area (Å²) in [6.07, 6.45) is 3.00. The number of carbonyl (C=O) groups is 1. The molecule has 0 bridgehead atoms. The van der Waals surface area contributed by atoms with Gasteiger partial charge >= 0.3 is 0 Å². The van der Waals surface area contributed by atoms with Gasteiger partial charge in [-0.3, -0.25) is 4.79 Å². The van der Waals surface area contributed by atoms with Crippen LogP contribution in [0.3, 0.4) is 0 Å². The summed E-state index contributed by atoms with van der Waals surface area (Å²) in [5.41, 5.74) is 4.53. The van der Waals surface area contributed by atoms with E-state index in [2.05, 4.69) is 29.6 Å². The molecule has 0 aliphatic carbocycles. The Hall–Kier alpha value is -3.66. The van der Waals surface area contributed by atoms with Gasteiger partial charge < -0.3 is 10.1 Å². The van der Waals surface area contributed by atoms with Gasteiger partial charge in [-0.05, 0) is 68.1 Å². The number of carbonyl (C=O) groups excluding carboxylic acids is 1. The molecule has 0 radical (unpaired) electrons. The van der Waals surface area contributed by atoms with E-state index in [1.54, 1.807) is 0 Å². The molecule has 0 fully saturated rings. The van der Waals surface area contributed by atoms with E-state index in [9.17, 15) is 4.79 Å². The van der Waals surface area contributed by atoms with E-state index in [4.69, 9.17) is 9.72 Å². The van der Waals surface area contributed by atoms with Crippen molar-refractivity contribution in [2.45, 2.75) is 26.2 Å². The molecule has 3 aromatic carbocycles. The lowest BCUT2D eigenvalue weighted by Crippen LogP contribution is -2.25. The van der Waals surface area contributed by atoms with Crippen molar-refractivity contribution in [3.63, 3.8) is 0 Å². The van der Waals surface area contributed by atoms with Gasteiger partial charge in [0.1, 0.15) is 5.75 Å². The molecule has 0 atom stereocenters. The number of amides is 1. The number of rotatable bonds is 9. The first-order chi connectivity index (χ1) is 15.7. The third kappa shape index (κ3) is 5.33. The van der Waals surface area contributed by atoms with Gasteiger partial charge in [-0.2, -0.15) is 0 Å². The molecule has 1 heterocycles. The molecule has 1 N–H and O–H groups in total. The average molecular weight is 425 g/mol.